The molecule has 2 fully saturated rings. The number of benzene rings is 1. The normalized spacial score (nSPS) is 22.2. The molecule has 0 radical (unpaired) electrons. The van der Waals surface area contributed by atoms with Gasteiger partial charge in [0.2, 0.25) is 0 Å². The number of rotatable bonds is 3. The first-order chi connectivity index (χ1) is 11.2. The number of aliphatic imine (C=N–C) groups is 1. The van der Waals surface area contributed by atoms with Crippen molar-refractivity contribution < 1.29 is 0 Å². The summed E-state index contributed by atoms with van der Waals surface area (Å²) in [6.45, 7) is 7.36. The Bertz CT molecular complexity index is 528. The minimum atomic E-state index is 0. The van der Waals surface area contributed by atoms with E-state index < -0.39 is 0 Å². The first kappa shape index (κ1) is 19.7. The number of nitrogens with two attached hydrogens (primary N) is 1. The second kappa shape index (κ2) is 9.75. The Morgan fingerprint density at radius 3 is 2.58 bits per heavy atom. The zero-order valence-corrected chi connectivity index (χ0v) is 17.6. The minimum Gasteiger partial charge on any atom is -0.370 e. The highest BCUT2D eigenvalue weighted by Gasteiger charge is 2.17. The highest BCUT2D eigenvalue weighted by Crippen LogP contribution is 2.20. The van der Waals surface area contributed by atoms with Gasteiger partial charge in [-0.05, 0) is 36.5 Å². The molecular formula is C18H29IN4S. The van der Waals surface area contributed by atoms with E-state index in [1.807, 2.05) is 11.8 Å². The van der Waals surface area contributed by atoms with Gasteiger partial charge in [0.25, 0.3) is 0 Å². The Kier molecular flexibility index (Phi) is 8.00. The number of hydrogen-bond donors (Lipinski definition) is 1. The predicted molar refractivity (Wildman–Crippen MR) is 117 cm³/mol. The number of anilines is 1. The first-order valence-corrected chi connectivity index (χ1v) is 9.84. The molecule has 4 nitrogen and oxygen atoms in total. The molecule has 2 aliphatic rings. The van der Waals surface area contributed by atoms with E-state index in [-0.39, 0.29) is 24.0 Å². The number of halogens is 1. The standard InChI is InChI=1S/C18H28N4S.HI/c1-15-3-2-8-22(14-15)18(19)20-13-16-4-6-17(7-5-16)21-9-11-23-12-10-21;/h4-7,15H,2-3,8-14H2,1H3,(H2,19,20);1H. The van der Waals surface area contributed by atoms with E-state index >= 15 is 0 Å². The molecule has 2 N–H and O–H groups in total. The number of hydrogen-bond acceptors (Lipinski definition) is 3. The van der Waals surface area contributed by atoms with Crippen LogP contribution in [0.25, 0.3) is 0 Å². The number of piperidine rings is 1. The lowest BCUT2D eigenvalue weighted by atomic mass is 10.0. The molecule has 2 saturated heterocycles. The number of nitrogens with zero attached hydrogens (tertiary/aromatic N) is 3. The van der Waals surface area contributed by atoms with Crippen molar-refractivity contribution in [3.8, 4) is 0 Å². The van der Waals surface area contributed by atoms with Crippen LogP contribution in [0.2, 0.25) is 0 Å². The molecule has 0 spiro atoms. The predicted octanol–water partition coefficient (Wildman–Crippen LogP) is 3.40. The fourth-order valence-corrected chi connectivity index (χ4v) is 4.21. The van der Waals surface area contributed by atoms with Crippen LogP contribution in [0.15, 0.2) is 29.3 Å². The SMILES string of the molecule is CC1CCCN(C(N)=NCc2ccc(N3CCSCC3)cc2)C1.I. The van der Waals surface area contributed by atoms with E-state index in [9.17, 15) is 0 Å². The van der Waals surface area contributed by atoms with Gasteiger partial charge in [0.05, 0.1) is 6.54 Å². The Labute approximate surface area is 167 Å². The fourth-order valence-electron chi connectivity index (χ4n) is 3.30. The van der Waals surface area contributed by atoms with E-state index in [2.05, 4.69) is 46.0 Å². The maximum atomic E-state index is 6.17. The Morgan fingerprint density at radius 2 is 1.92 bits per heavy atom. The maximum absolute atomic E-state index is 6.17. The molecule has 1 aromatic carbocycles. The Morgan fingerprint density at radius 1 is 1.21 bits per heavy atom. The first-order valence-electron chi connectivity index (χ1n) is 8.69. The lowest BCUT2D eigenvalue weighted by molar-refractivity contribution is 0.270. The summed E-state index contributed by atoms with van der Waals surface area (Å²) < 4.78 is 0. The van der Waals surface area contributed by atoms with Crippen LogP contribution >= 0.6 is 35.7 Å². The van der Waals surface area contributed by atoms with Crippen molar-refractivity contribution in [1.29, 1.82) is 0 Å². The van der Waals surface area contributed by atoms with Crippen LogP contribution in [0.3, 0.4) is 0 Å². The van der Waals surface area contributed by atoms with Crippen molar-refractivity contribution in [3.05, 3.63) is 29.8 Å². The zero-order chi connectivity index (χ0) is 16.1. The van der Waals surface area contributed by atoms with Crippen LogP contribution in [0.5, 0.6) is 0 Å². The second-order valence-corrected chi connectivity index (χ2v) is 7.86. The summed E-state index contributed by atoms with van der Waals surface area (Å²) in [5, 5.41) is 0. The number of thioether (sulfide) groups is 1. The quantitative estimate of drug-likeness (QED) is 0.427. The lowest BCUT2D eigenvalue weighted by Crippen LogP contribution is -2.43. The molecule has 1 atom stereocenters. The molecule has 24 heavy (non-hydrogen) atoms. The summed E-state index contributed by atoms with van der Waals surface area (Å²) in [7, 11) is 0. The van der Waals surface area contributed by atoms with Gasteiger partial charge in [-0.1, -0.05) is 19.1 Å². The summed E-state index contributed by atoms with van der Waals surface area (Å²) in [5.74, 6) is 3.89. The molecule has 6 heteroatoms. The number of guanidine groups is 1. The van der Waals surface area contributed by atoms with Gasteiger partial charge in [-0.15, -0.1) is 24.0 Å². The third kappa shape index (κ3) is 5.44. The van der Waals surface area contributed by atoms with Crippen LogP contribution in [-0.2, 0) is 6.54 Å². The van der Waals surface area contributed by atoms with E-state index in [1.165, 1.54) is 35.6 Å². The van der Waals surface area contributed by atoms with E-state index in [0.717, 1.165) is 32.1 Å². The molecule has 2 heterocycles. The molecule has 2 aliphatic heterocycles. The van der Waals surface area contributed by atoms with E-state index in [4.69, 9.17) is 5.73 Å². The van der Waals surface area contributed by atoms with Gasteiger partial charge in [-0.25, -0.2) is 4.99 Å². The summed E-state index contributed by atoms with van der Waals surface area (Å²) in [6.07, 6.45) is 2.53. The summed E-state index contributed by atoms with van der Waals surface area (Å²) >= 11 is 2.04. The Hall–Kier alpha value is -0.630. The van der Waals surface area contributed by atoms with Crippen molar-refractivity contribution in [3.63, 3.8) is 0 Å². The summed E-state index contributed by atoms with van der Waals surface area (Å²) in [5.41, 5.74) is 8.73. The second-order valence-electron chi connectivity index (χ2n) is 6.63. The van der Waals surface area contributed by atoms with Gasteiger partial charge in [-0.2, -0.15) is 11.8 Å². The highest BCUT2D eigenvalue weighted by molar-refractivity contribution is 14.0. The van der Waals surface area contributed by atoms with E-state index in [0.29, 0.717) is 12.5 Å². The van der Waals surface area contributed by atoms with Gasteiger partial charge in [0, 0.05) is 43.4 Å². The molecule has 0 aliphatic carbocycles. The molecule has 134 valence electrons. The van der Waals surface area contributed by atoms with E-state index in [1.54, 1.807) is 0 Å². The van der Waals surface area contributed by atoms with Gasteiger partial charge >= 0.3 is 0 Å². The van der Waals surface area contributed by atoms with Crippen molar-refractivity contribution in [1.82, 2.24) is 4.90 Å². The van der Waals surface area contributed by atoms with Crippen molar-refractivity contribution in [2.45, 2.75) is 26.3 Å². The van der Waals surface area contributed by atoms with Gasteiger partial charge in [-0.3, -0.25) is 0 Å². The average molecular weight is 460 g/mol. The van der Waals surface area contributed by atoms with Crippen LogP contribution in [0.1, 0.15) is 25.3 Å². The highest BCUT2D eigenvalue weighted by atomic mass is 127. The third-order valence-corrected chi connectivity index (χ3v) is 5.66. The summed E-state index contributed by atoms with van der Waals surface area (Å²) in [6, 6.07) is 8.82. The molecular weight excluding hydrogens is 431 g/mol. The molecule has 0 aromatic heterocycles. The third-order valence-electron chi connectivity index (χ3n) is 4.72. The largest absolute Gasteiger partial charge is 0.370 e. The van der Waals surface area contributed by atoms with Gasteiger partial charge in [0.15, 0.2) is 5.96 Å². The topological polar surface area (TPSA) is 44.9 Å². The van der Waals surface area contributed by atoms with Crippen LogP contribution < -0.4 is 10.6 Å². The van der Waals surface area contributed by atoms with Crippen molar-refractivity contribution in [2.24, 2.45) is 16.6 Å². The maximum Gasteiger partial charge on any atom is 0.191 e. The van der Waals surface area contributed by atoms with Crippen LogP contribution in [0.4, 0.5) is 5.69 Å². The zero-order valence-electron chi connectivity index (χ0n) is 14.5. The number of likely N-dealkylation sites (tertiary alicyclic amines) is 1. The molecule has 0 saturated carbocycles. The lowest BCUT2D eigenvalue weighted by Gasteiger charge is -2.31. The summed E-state index contributed by atoms with van der Waals surface area (Å²) in [4.78, 5) is 9.29. The van der Waals surface area contributed by atoms with Crippen molar-refractivity contribution in [2.75, 3.05) is 42.6 Å². The molecule has 1 aromatic rings. The molecule has 1 unspecified atom stereocenters. The van der Waals surface area contributed by atoms with Gasteiger partial charge in [0.1, 0.15) is 0 Å². The van der Waals surface area contributed by atoms with Crippen molar-refractivity contribution >= 4 is 47.4 Å². The molecule has 0 bridgehead atoms. The van der Waals surface area contributed by atoms with Gasteiger partial charge < -0.3 is 15.5 Å². The van der Waals surface area contributed by atoms with Crippen LogP contribution in [0, 0.1) is 5.92 Å². The molecule has 3 rings (SSSR count). The van der Waals surface area contributed by atoms with Crippen LogP contribution in [-0.4, -0.2) is 48.5 Å². The monoisotopic (exact) mass is 460 g/mol. The average Bonchev–Trinajstić information content (AvgIpc) is 2.61. The minimum absolute atomic E-state index is 0. The Balaban J connectivity index is 0.00000208. The fraction of sp³-hybridized carbons (Fsp3) is 0.611. The smallest absolute Gasteiger partial charge is 0.191 e. The molecule has 0 amide bonds.